The van der Waals surface area contributed by atoms with Crippen LogP contribution in [0.1, 0.15) is 30.7 Å². The molecule has 1 aromatic carbocycles. The molecule has 0 aliphatic carbocycles. The van der Waals surface area contributed by atoms with Gasteiger partial charge < -0.3 is 15.2 Å². The van der Waals surface area contributed by atoms with Crippen molar-refractivity contribution < 1.29 is 4.52 Å². The summed E-state index contributed by atoms with van der Waals surface area (Å²) < 4.78 is 5.34. The zero-order valence-corrected chi connectivity index (χ0v) is 11.6. The average Bonchev–Trinajstić information content (AvgIpc) is 2.97. The monoisotopic (exact) mass is 272 g/mol. The Balaban J connectivity index is 1.58. The van der Waals surface area contributed by atoms with E-state index in [-0.39, 0.29) is 0 Å². The maximum Gasteiger partial charge on any atom is 0.266 e. The SMILES string of the molecule is Nc1ccc(CCc2nc(N3CCCCC3)no2)cc1. The van der Waals surface area contributed by atoms with E-state index in [1.165, 1.54) is 24.8 Å². The van der Waals surface area contributed by atoms with Crippen molar-refractivity contribution in [3.63, 3.8) is 0 Å². The molecule has 0 bridgehead atoms. The van der Waals surface area contributed by atoms with Gasteiger partial charge in [0.2, 0.25) is 5.89 Å². The van der Waals surface area contributed by atoms with Crippen molar-refractivity contribution in [3.05, 3.63) is 35.7 Å². The van der Waals surface area contributed by atoms with Crippen molar-refractivity contribution >= 4 is 11.6 Å². The molecule has 0 spiro atoms. The number of piperidine rings is 1. The van der Waals surface area contributed by atoms with E-state index in [0.717, 1.165) is 37.6 Å². The molecule has 0 atom stereocenters. The van der Waals surface area contributed by atoms with E-state index in [2.05, 4.69) is 15.0 Å². The summed E-state index contributed by atoms with van der Waals surface area (Å²) in [6.07, 6.45) is 5.40. The van der Waals surface area contributed by atoms with E-state index in [1.807, 2.05) is 24.3 Å². The number of hydrogen-bond donors (Lipinski definition) is 1. The summed E-state index contributed by atoms with van der Waals surface area (Å²) in [7, 11) is 0. The van der Waals surface area contributed by atoms with E-state index >= 15 is 0 Å². The third-order valence-electron chi connectivity index (χ3n) is 3.70. The minimum atomic E-state index is 0.711. The van der Waals surface area contributed by atoms with Gasteiger partial charge in [0.25, 0.3) is 5.95 Å². The molecule has 1 aliphatic heterocycles. The van der Waals surface area contributed by atoms with Crippen molar-refractivity contribution in [2.24, 2.45) is 0 Å². The van der Waals surface area contributed by atoms with E-state index in [0.29, 0.717) is 5.89 Å². The maximum absolute atomic E-state index is 5.67. The summed E-state index contributed by atoms with van der Waals surface area (Å²) in [6.45, 7) is 2.08. The van der Waals surface area contributed by atoms with Crippen molar-refractivity contribution in [2.45, 2.75) is 32.1 Å². The van der Waals surface area contributed by atoms with Gasteiger partial charge in [0.15, 0.2) is 0 Å². The van der Waals surface area contributed by atoms with Crippen molar-refractivity contribution in [1.29, 1.82) is 0 Å². The van der Waals surface area contributed by atoms with Crippen molar-refractivity contribution in [3.8, 4) is 0 Å². The lowest BCUT2D eigenvalue weighted by atomic mass is 10.1. The molecule has 0 radical (unpaired) electrons. The number of anilines is 2. The molecule has 1 aliphatic rings. The van der Waals surface area contributed by atoms with Crippen LogP contribution in [-0.2, 0) is 12.8 Å². The van der Waals surface area contributed by atoms with E-state index < -0.39 is 0 Å². The van der Waals surface area contributed by atoms with Crippen LogP contribution in [0.2, 0.25) is 0 Å². The number of hydrogen-bond acceptors (Lipinski definition) is 5. The number of nitrogens with zero attached hydrogens (tertiary/aromatic N) is 3. The fourth-order valence-electron chi connectivity index (χ4n) is 2.51. The molecule has 2 heterocycles. The van der Waals surface area contributed by atoms with Crippen LogP contribution in [0, 0.1) is 0 Å². The Labute approximate surface area is 118 Å². The van der Waals surface area contributed by atoms with E-state index in [1.54, 1.807) is 0 Å². The molecule has 0 amide bonds. The minimum absolute atomic E-state index is 0.711. The summed E-state index contributed by atoms with van der Waals surface area (Å²) in [4.78, 5) is 6.70. The fraction of sp³-hybridized carbons (Fsp3) is 0.467. The second kappa shape index (κ2) is 5.94. The minimum Gasteiger partial charge on any atom is -0.399 e. The maximum atomic E-state index is 5.67. The first kappa shape index (κ1) is 13.0. The Bertz CT molecular complexity index is 543. The summed E-state index contributed by atoms with van der Waals surface area (Å²) in [5.41, 5.74) is 7.70. The molecular formula is C15H20N4O. The Kier molecular flexibility index (Phi) is 3.85. The van der Waals surface area contributed by atoms with Crippen LogP contribution >= 0.6 is 0 Å². The van der Waals surface area contributed by atoms with Crippen LogP contribution in [0.25, 0.3) is 0 Å². The average molecular weight is 272 g/mol. The van der Waals surface area contributed by atoms with Gasteiger partial charge in [-0.1, -0.05) is 12.1 Å². The number of nitrogens with two attached hydrogens (primary N) is 1. The molecule has 1 fully saturated rings. The highest BCUT2D eigenvalue weighted by atomic mass is 16.5. The fourth-order valence-corrected chi connectivity index (χ4v) is 2.51. The molecule has 5 heteroatoms. The molecule has 5 nitrogen and oxygen atoms in total. The molecule has 106 valence electrons. The van der Waals surface area contributed by atoms with E-state index in [4.69, 9.17) is 10.3 Å². The molecule has 2 aromatic rings. The van der Waals surface area contributed by atoms with Crippen LogP contribution in [0.5, 0.6) is 0 Å². The Morgan fingerprint density at radius 2 is 1.80 bits per heavy atom. The van der Waals surface area contributed by atoms with Crippen molar-refractivity contribution in [2.75, 3.05) is 23.7 Å². The van der Waals surface area contributed by atoms with Gasteiger partial charge in [0.1, 0.15) is 0 Å². The first-order valence-corrected chi connectivity index (χ1v) is 7.23. The van der Waals surface area contributed by atoms with Gasteiger partial charge in [-0.2, -0.15) is 4.98 Å². The van der Waals surface area contributed by atoms with Crippen LogP contribution in [0.3, 0.4) is 0 Å². The molecule has 0 saturated carbocycles. The highest BCUT2D eigenvalue weighted by Crippen LogP contribution is 2.17. The Morgan fingerprint density at radius 1 is 1.05 bits per heavy atom. The van der Waals surface area contributed by atoms with Gasteiger partial charge in [0, 0.05) is 25.2 Å². The quantitative estimate of drug-likeness (QED) is 0.866. The molecule has 3 rings (SSSR count). The van der Waals surface area contributed by atoms with E-state index in [9.17, 15) is 0 Å². The van der Waals surface area contributed by atoms with Gasteiger partial charge in [-0.3, -0.25) is 0 Å². The van der Waals surface area contributed by atoms with Gasteiger partial charge in [-0.15, -0.1) is 0 Å². The number of benzene rings is 1. The summed E-state index contributed by atoms with van der Waals surface area (Å²) in [5, 5.41) is 4.09. The van der Waals surface area contributed by atoms with Gasteiger partial charge in [-0.05, 0) is 48.5 Å². The molecule has 20 heavy (non-hydrogen) atoms. The highest BCUT2D eigenvalue weighted by molar-refractivity contribution is 5.39. The Morgan fingerprint density at radius 3 is 2.55 bits per heavy atom. The number of nitrogen functional groups attached to an aromatic ring is 1. The number of rotatable bonds is 4. The first-order valence-electron chi connectivity index (χ1n) is 7.23. The molecular weight excluding hydrogens is 252 g/mol. The Hall–Kier alpha value is -2.04. The molecule has 2 N–H and O–H groups in total. The predicted molar refractivity (Wildman–Crippen MR) is 78.6 cm³/mol. The third-order valence-corrected chi connectivity index (χ3v) is 3.70. The summed E-state index contributed by atoms with van der Waals surface area (Å²) >= 11 is 0. The van der Waals surface area contributed by atoms with Crippen molar-refractivity contribution in [1.82, 2.24) is 10.1 Å². The number of aryl methyl sites for hydroxylation is 2. The third kappa shape index (κ3) is 3.10. The second-order valence-corrected chi connectivity index (χ2v) is 5.28. The normalized spacial score (nSPS) is 15.5. The molecule has 1 saturated heterocycles. The lowest BCUT2D eigenvalue weighted by Gasteiger charge is -2.24. The van der Waals surface area contributed by atoms with Gasteiger partial charge >= 0.3 is 0 Å². The van der Waals surface area contributed by atoms with Crippen LogP contribution < -0.4 is 10.6 Å². The van der Waals surface area contributed by atoms with Gasteiger partial charge in [-0.25, -0.2) is 0 Å². The lowest BCUT2D eigenvalue weighted by molar-refractivity contribution is 0.376. The van der Waals surface area contributed by atoms with Gasteiger partial charge in [0.05, 0.1) is 0 Å². The zero-order chi connectivity index (χ0) is 13.8. The first-order chi connectivity index (χ1) is 9.81. The number of aromatic nitrogens is 2. The second-order valence-electron chi connectivity index (χ2n) is 5.28. The van der Waals surface area contributed by atoms with Crippen LogP contribution in [0.15, 0.2) is 28.8 Å². The highest BCUT2D eigenvalue weighted by Gasteiger charge is 2.16. The molecule has 0 unspecified atom stereocenters. The summed E-state index contributed by atoms with van der Waals surface area (Å²) in [6, 6.07) is 7.92. The predicted octanol–water partition coefficient (Wildman–Crippen LogP) is 2.43. The lowest BCUT2D eigenvalue weighted by Crippen LogP contribution is -2.30. The van der Waals surface area contributed by atoms with Crippen LogP contribution in [-0.4, -0.2) is 23.2 Å². The standard InChI is InChI=1S/C15H20N4O/c16-13-7-4-12(5-8-13)6-9-14-17-15(18-20-14)19-10-2-1-3-11-19/h4-5,7-8H,1-3,6,9-11,16H2. The molecule has 1 aromatic heterocycles. The zero-order valence-electron chi connectivity index (χ0n) is 11.6. The largest absolute Gasteiger partial charge is 0.399 e. The topological polar surface area (TPSA) is 68.2 Å². The smallest absolute Gasteiger partial charge is 0.266 e. The van der Waals surface area contributed by atoms with Crippen LogP contribution in [0.4, 0.5) is 11.6 Å². The summed E-state index contributed by atoms with van der Waals surface area (Å²) in [5.74, 6) is 1.46.